The number of likely N-dealkylation sites (N-methyl/N-ethyl adjacent to an activating group) is 1. The van der Waals surface area contributed by atoms with Crippen molar-refractivity contribution in [3.8, 4) is 0 Å². The number of anilines is 1. The predicted molar refractivity (Wildman–Crippen MR) is 61.5 cm³/mol. The maximum atomic E-state index is 11.3. The lowest BCUT2D eigenvalue weighted by atomic mass is 10.2. The van der Waals surface area contributed by atoms with Gasteiger partial charge in [0, 0.05) is 43.6 Å². The molecule has 1 aliphatic heterocycles. The third-order valence-electron chi connectivity index (χ3n) is 2.83. The summed E-state index contributed by atoms with van der Waals surface area (Å²) in [5.41, 5.74) is 1.96. The third-order valence-corrected chi connectivity index (χ3v) is 2.83. The summed E-state index contributed by atoms with van der Waals surface area (Å²) in [6, 6.07) is 3.71. The van der Waals surface area contributed by atoms with Crippen LogP contribution in [0, 0.1) is 6.92 Å². The molecule has 0 atom stereocenters. The molecule has 0 bridgehead atoms. The highest BCUT2D eigenvalue weighted by Gasteiger charge is 2.14. The van der Waals surface area contributed by atoms with Crippen LogP contribution in [0.4, 0.5) is 5.69 Å². The number of piperazine rings is 1. The SMILES string of the molecule is Cc1cc(N2CCN(C)CC2)cc(=O)[nH]1. The smallest absolute Gasteiger partial charge is 0.250 e. The van der Waals surface area contributed by atoms with Crippen LogP contribution in [0.15, 0.2) is 16.9 Å². The molecule has 0 saturated carbocycles. The van der Waals surface area contributed by atoms with Gasteiger partial charge in [0.15, 0.2) is 0 Å². The number of hydrogen-bond donors (Lipinski definition) is 1. The van der Waals surface area contributed by atoms with Crippen LogP contribution >= 0.6 is 0 Å². The summed E-state index contributed by atoms with van der Waals surface area (Å²) in [6.07, 6.45) is 0. The third kappa shape index (κ3) is 2.39. The number of nitrogens with one attached hydrogen (secondary N) is 1. The topological polar surface area (TPSA) is 39.3 Å². The summed E-state index contributed by atoms with van der Waals surface area (Å²) in [5.74, 6) is 0. The number of aromatic amines is 1. The normalized spacial score (nSPS) is 18.1. The highest BCUT2D eigenvalue weighted by Crippen LogP contribution is 2.14. The largest absolute Gasteiger partial charge is 0.369 e. The van der Waals surface area contributed by atoms with Gasteiger partial charge in [-0.3, -0.25) is 4.79 Å². The molecule has 2 heterocycles. The first-order chi connectivity index (χ1) is 7.15. The molecule has 0 spiro atoms. The first-order valence-electron chi connectivity index (χ1n) is 5.29. The molecule has 0 aliphatic carbocycles. The minimum absolute atomic E-state index is 0.0103. The van der Waals surface area contributed by atoms with Gasteiger partial charge < -0.3 is 14.8 Å². The minimum Gasteiger partial charge on any atom is -0.369 e. The first kappa shape index (κ1) is 10.2. The Kier molecular flexibility index (Phi) is 2.77. The Morgan fingerprint density at radius 2 is 1.87 bits per heavy atom. The molecule has 0 radical (unpaired) electrons. The van der Waals surface area contributed by atoms with E-state index in [4.69, 9.17) is 0 Å². The van der Waals surface area contributed by atoms with Gasteiger partial charge in [0.05, 0.1) is 0 Å². The van der Waals surface area contributed by atoms with E-state index in [2.05, 4.69) is 21.8 Å². The molecule has 0 unspecified atom stereocenters. The minimum atomic E-state index is -0.0103. The maximum Gasteiger partial charge on any atom is 0.250 e. The molecule has 1 N–H and O–H groups in total. The zero-order valence-electron chi connectivity index (χ0n) is 9.29. The van der Waals surface area contributed by atoms with Crippen LogP contribution in [0.5, 0.6) is 0 Å². The van der Waals surface area contributed by atoms with E-state index in [1.165, 1.54) is 0 Å². The summed E-state index contributed by atoms with van der Waals surface area (Å²) in [4.78, 5) is 18.7. The summed E-state index contributed by atoms with van der Waals surface area (Å²) in [5, 5.41) is 0. The van der Waals surface area contributed by atoms with E-state index in [9.17, 15) is 4.79 Å². The van der Waals surface area contributed by atoms with Crippen LogP contribution in [-0.2, 0) is 0 Å². The number of H-pyrrole nitrogens is 1. The van der Waals surface area contributed by atoms with Crippen LogP contribution in [0.1, 0.15) is 5.69 Å². The van der Waals surface area contributed by atoms with E-state index in [1.54, 1.807) is 6.07 Å². The van der Waals surface area contributed by atoms with Crippen molar-refractivity contribution in [3.63, 3.8) is 0 Å². The Bertz CT molecular complexity index is 391. The van der Waals surface area contributed by atoms with Crippen LogP contribution in [0.25, 0.3) is 0 Å². The van der Waals surface area contributed by atoms with Crippen molar-refractivity contribution in [1.29, 1.82) is 0 Å². The first-order valence-corrected chi connectivity index (χ1v) is 5.29. The van der Waals surface area contributed by atoms with Gasteiger partial charge in [0.2, 0.25) is 5.56 Å². The molecule has 0 aromatic carbocycles. The highest BCUT2D eigenvalue weighted by atomic mass is 16.1. The Balaban J connectivity index is 2.19. The molecule has 1 aromatic heterocycles. The monoisotopic (exact) mass is 207 g/mol. The molecule has 82 valence electrons. The fourth-order valence-electron chi connectivity index (χ4n) is 1.91. The van der Waals surface area contributed by atoms with Crippen molar-refractivity contribution in [2.24, 2.45) is 0 Å². The summed E-state index contributed by atoms with van der Waals surface area (Å²) >= 11 is 0. The molecular formula is C11H17N3O. The average Bonchev–Trinajstić information content (AvgIpc) is 2.17. The molecule has 0 amide bonds. The van der Waals surface area contributed by atoms with Gasteiger partial charge >= 0.3 is 0 Å². The van der Waals surface area contributed by atoms with Gasteiger partial charge in [-0.15, -0.1) is 0 Å². The molecular weight excluding hydrogens is 190 g/mol. The molecule has 1 aromatic rings. The molecule has 1 aliphatic rings. The molecule has 15 heavy (non-hydrogen) atoms. The number of aromatic nitrogens is 1. The van der Waals surface area contributed by atoms with Crippen molar-refractivity contribution in [3.05, 3.63) is 28.2 Å². The van der Waals surface area contributed by atoms with E-state index < -0.39 is 0 Å². The number of pyridine rings is 1. The molecule has 4 heteroatoms. The van der Waals surface area contributed by atoms with Crippen molar-refractivity contribution < 1.29 is 0 Å². The lowest BCUT2D eigenvalue weighted by Gasteiger charge is -2.34. The molecule has 1 fully saturated rings. The van der Waals surface area contributed by atoms with E-state index in [0.717, 1.165) is 37.6 Å². The number of rotatable bonds is 1. The molecule has 2 rings (SSSR count). The fraction of sp³-hybridized carbons (Fsp3) is 0.545. The maximum absolute atomic E-state index is 11.3. The van der Waals surface area contributed by atoms with E-state index in [-0.39, 0.29) is 5.56 Å². The van der Waals surface area contributed by atoms with Crippen molar-refractivity contribution >= 4 is 5.69 Å². The van der Waals surface area contributed by atoms with E-state index in [1.807, 2.05) is 13.0 Å². The summed E-state index contributed by atoms with van der Waals surface area (Å²) in [7, 11) is 2.13. The van der Waals surface area contributed by atoms with Gasteiger partial charge in [0.1, 0.15) is 0 Å². The molecule has 1 saturated heterocycles. The van der Waals surface area contributed by atoms with Gasteiger partial charge in [-0.05, 0) is 20.0 Å². The van der Waals surface area contributed by atoms with Crippen LogP contribution in [0.2, 0.25) is 0 Å². The average molecular weight is 207 g/mol. The standard InChI is InChI=1S/C11H17N3O/c1-9-7-10(8-11(15)12-9)14-5-3-13(2)4-6-14/h7-8H,3-6H2,1-2H3,(H,12,15). The van der Waals surface area contributed by atoms with Crippen LogP contribution < -0.4 is 10.5 Å². The summed E-state index contributed by atoms with van der Waals surface area (Å²) in [6.45, 7) is 6.04. The molecule has 4 nitrogen and oxygen atoms in total. The highest BCUT2D eigenvalue weighted by molar-refractivity contribution is 5.46. The Hall–Kier alpha value is -1.29. The lowest BCUT2D eigenvalue weighted by molar-refractivity contribution is 0.313. The second kappa shape index (κ2) is 4.06. The zero-order chi connectivity index (χ0) is 10.8. The second-order valence-corrected chi connectivity index (χ2v) is 4.18. The zero-order valence-corrected chi connectivity index (χ0v) is 9.29. The summed E-state index contributed by atoms with van der Waals surface area (Å²) < 4.78 is 0. The van der Waals surface area contributed by atoms with Crippen LogP contribution in [0.3, 0.4) is 0 Å². The van der Waals surface area contributed by atoms with Crippen LogP contribution in [-0.4, -0.2) is 43.1 Å². The number of hydrogen-bond acceptors (Lipinski definition) is 3. The van der Waals surface area contributed by atoms with Crippen molar-refractivity contribution in [2.75, 3.05) is 38.1 Å². The van der Waals surface area contributed by atoms with Gasteiger partial charge in [0.25, 0.3) is 0 Å². The number of nitrogens with zero attached hydrogens (tertiary/aromatic N) is 2. The quantitative estimate of drug-likeness (QED) is 0.726. The Morgan fingerprint density at radius 1 is 1.20 bits per heavy atom. The van der Waals surface area contributed by atoms with E-state index in [0.29, 0.717) is 0 Å². The fourth-order valence-corrected chi connectivity index (χ4v) is 1.91. The Morgan fingerprint density at radius 3 is 2.47 bits per heavy atom. The van der Waals surface area contributed by atoms with Crippen molar-refractivity contribution in [2.45, 2.75) is 6.92 Å². The van der Waals surface area contributed by atoms with Crippen molar-refractivity contribution in [1.82, 2.24) is 9.88 Å². The lowest BCUT2D eigenvalue weighted by Crippen LogP contribution is -2.44. The van der Waals surface area contributed by atoms with Gasteiger partial charge in [-0.25, -0.2) is 0 Å². The second-order valence-electron chi connectivity index (χ2n) is 4.18. The van der Waals surface area contributed by atoms with Gasteiger partial charge in [-0.1, -0.05) is 0 Å². The van der Waals surface area contributed by atoms with E-state index >= 15 is 0 Å². The Labute approximate surface area is 89.5 Å². The number of aryl methyl sites for hydroxylation is 1. The predicted octanol–water partition coefficient (Wildman–Crippen LogP) is 0.435. The van der Waals surface area contributed by atoms with Gasteiger partial charge in [-0.2, -0.15) is 0 Å².